The Morgan fingerprint density at radius 1 is 1.21 bits per heavy atom. The molecule has 0 amide bonds. The van der Waals surface area contributed by atoms with Gasteiger partial charge in [-0.15, -0.1) is 0 Å². The van der Waals surface area contributed by atoms with E-state index in [-0.39, 0.29) is 0 Å². The van der Waals surface area contributed by atoms with Crippen molar-refractivity contribution in [1.82, 2.24) is 4.98 Å². The van der Waals surface area contributed by atoms with Crippen molar-refractivity contribution < 1.29 is 0 Å². The quantitative estimate of drug-likeness (QED) is 0.685. The Labute approximate surface area is 87.6 Å². The van der Waals surface area contributed by atoms with Gasteiger partial charge >= 0.3 is 0 Å². The van der Waals surface area contributed by atoms with E-state index in [0.717, 1.165) is 11.8 Å². The third-order valence-electron chi connectivity index (χ3n) is 2.57. The van der Waals surface area contributed by atoms with E-state index in [1.54, 1.807) is 0 Å². The summed E-state index contributed by atoms with van der Waals surface area (Å²) in [5.74, 6) is 1.50. The van der Waals surface area contributed by atoms with Crippen LogP contribution in [0.25, 0.3) is 0 Å². The monoisotopic (exact) mass is 191 g/mol. The van der Waals surface area contributed by atoms with Crippen LogP contribution in [-0.2, 0) is 0 Å². The van der Waals surface area contributed by atoms with Crippen molar-refractivity contribution in [3.63, 3.8) is 0 Å². The fraction of sp³-hybridized carbons (Fsp3) is 0.615. The summed E-state index contributed by atoms with van der Waals surface area (Å²) in [5.41, 5.74) is 1.45. The van der Waals surface area contributed by atoms with Gasteiger partial charge in [0.15, 0.2) is 0 Å². The van der Waals surface area contributed by atoms with E-state index in [4.69, 9.17) is 0 Å². The predicted molar refractivity (Wildman–Crippen MR) is 61.3 cm³/mol. The van der Waals surface area contributed by atoms with Gasteiger partial charge < -0.3 is 0 Å². The molecule has 1 rings (SSSR count). The van der Waals surface area contributed by atoms with Gasteiger partial charge in [-0.3, -0.25) is 4.98 Å². The summed E-state index contributed by atoms with van der Waals surface area (Å²) >= 11 is 0. The Balaban J connectivity index is 2.67. The molecule has 0 spiro atoms. The average molecular weight is 191 g/mol. The first-order chi connectivity index (χ1) is 6.74. The van der Waals surface area contributed by atoms with Crippen LogP contribution < -0.4 is 0 Å². The van der Waals surface area contributed by atoms with Gasteiger partial charge in [0, 0.05) is 12.4 Å². The molecule has 0 radical (unpaired) electrons. The molecule has 0 fully saturated rings. The Morgan fingerprint density at radius 2 is 1.86 bits per heavy atom. The molecule has 0 N–H and O–H groups in total. The summed E-state index contributed by atoms with van der Waals surface area (Å²) in [5, 5.41) is 0. The minimum Gasteiger partial charge on any atom is -0.265 e. The maximum Gasteiger partial charge on any atom is 0.0270 e. The van der Waals surface area contributed by atoms with Crippen molar-refractivity contribution >= 4 is 0 Å². The molecule has 0 saturated carbocycles. The maximum absolute atomic E-state index is 4.07. The van der Waals surface area contributed by atoms with E-state index in [1.165, 1.54) is 24.8 Å². The molecule has 1 atom stereocenters. The molecule has 0 saturated heterocycles. The van der Waals surface area contributed by atoms with Crippen LogP contribution in [0.5, 0.6) is 0 Å². The van der Waals surface area contributed by atoms with Crippen LogP contribution in [0.15, 0.2) is 24.5 Å². The van der Waals surface area contributed by atoms with Crippen LogP contribution in [-0.4, -0.2) is 4.98 Å². The zero-order valence-corrected chi connectivity index (χ0v) is 9.53. The van der Waals surface area contributed by atoms with E-state index in [9.17, 15) is 0 Å². The van der Waals surface area contributed by atoms with Crippen molar-refractivity contribution in [2.24, 2.45) is 5.92 Å². The molecule has 78 valence electrons. The number of rotatable bonds is 5. The van der Waals surface area contributed by atoms with Crippen molar-refractivity contribution in [2.45, 2.75) is 46.0 Å². The Morgan fingerprint density at radius 3 is 2.36 bits per heavy atom. The van der Waals surface area contributed by atoms with Crippen LogP contribution in [0.4, 0.5) is 0 Å². The van der Waals surface area contributed by atoms with Crippen LogP contribution in [0.3, 0.4) is 0 Å². The lowest BCUT2D eigenvalue weighted by Crippen LogP contribution is -2.02. The summed E-state index contributed by atoms with van der Waals surface area (Å²) in [6.45, 7) is 6.85. The minimum atomic E-state index is 0.725. The zero-order chi connectivity index (χ0) is 10.4. The topological polar surface area (TPSA) is 12.9 Å². The molecule has 1 heteroatoms. The largest absolute Gasteiger partial charge is 0.265 e. The lowest BCUT2D eigenvalue weighted by molar-refractivity contribution is 0.472. The van der Waals surface area contributed by atoms with E-state index in [1.807, 2.05) is 12.4 Å². The number of hydrogen-bond acceptors (Lipinski definition) is 1. The predicted octanol–water partition coefficient (Wildman–Crippen LogP) is 4.01. The molecule has 0 bridgehead atoms. The highest BCUT2D eigenvalue weighted by atomic mass is 14.6. The fourth-order valence-corrected chi connectivity index (χ4v) is 1.97. The van der Waals surface area contributed by atoms with Gasteiger partial charge in [-0.25, -0.2) is 0 Å². The molecule has 14 heavy (non-hydrogen) atoms. The molecule has 1 nitrogen and oxygen atoms in total. The van der Waals surface area contributed by atoms with Crippen LogP contribution >= 0.6 is 0 Å². The highest BCUT2D eigenvalue weighted by Crippen LogP contribution is 2.27. The highest BCUT2D eigenvalue weighted by molar-refractivity contribution is 5.15. The molecule has 1 aromatic rings. The number of nitrogens with zero attached hydrogens (tertiary/aromatic N) is 1. The SMILES string of the molecule is CCCC(CC(C)C)c1ccncc1. The van der Waals surface area contributed by atoms with Gasteiger partial charge in [0.2, 0.25) is 0 Å². The third-order valence-corrected chi connectivity index (χ3v) is 2.57. The molecule has 1 unspecified atom stereocenters. The molecule has 0 aliphatic heterocycles. The third kappa shape index (κ3) is 3.49. The molecule has 0 aliphatic carbocycles. The summed E-state index contributed by atoms with van der Waals surface area (Å²) in [7, 11) is 0. The first-order valence-corrected chi connectivity index (χ1v) is 5.64. The zero-order valence-electron chi connectivity index (χ0n) is 9.53. The second kappa shape index (κ2) is 5.79. The normalized spacial score (nSPS) is 13.1. The standard InChI is InChI=1S/C13H21N/c1-4-5-13(10-11(2)3)12-6-8-14-9-7-12/h6-9,11,13H,4-5,10H2,1-3H3. The van der Waals surface area contributed by atoms with E-state index in [2.05, 4.69) is 37.9 Å². The van der Waals surface area contributed by atoms with Gasteiger partial charge in [0.1, 0.15) is 0 Å². The van der Waals surface area contributed by atoms with Gasteiger partial charge in [0.05, 0.1) is 0 Å². The maximum atomic E-state index is 4.07. The van der Waals surface area contributed by atoms with Gasteiger partial charge in [-0.2, -0.15) is 0 Å². The van der Waals surface area contributed by atoms with Crippen molar-refractivity contribution in [3.8, 4) is 0 Å². The van der Waals surface area contributed by atoms with Gasteiger partial charge in [0.25, 0.3) is 0 Å². The van der Waals surface area contributed by atoms with Crippen LogP contribution in [0.2, 0.25) is 0 Å². The summed E-state index contributed by atoms with van der Waals surface area (Å²) < 4.78 is 0. The van der Waals surface area contributed by atoms with E-state index < -0.39 is 0 Å². The second-order valence-electron chi connectivity index (χ2n) is 4.40. The van der Waals surface area contributed by atoms with Gasteiger partial charge in [-0.05, 0) is 42.4 Å². The van der Waals surface area contributed by atoms with E-state index in [0.29, 0.717) is 0 Å². The molecule has 0 aliphatic rings. The number of hydrogen-bond donors (Lipinski definition) is 0. The summed E-state index contributed by atoms with van der Waals surface area (Å²) in [4.78, 5) is 4.07. The number of pyridine rings is 1. The van der Waals surface area contributed by atoms with Gasteiger partial charge in [-0.1, -0.05) is 27.2 Å². The molecule has 0 aromatic carbocycles. The smallest absolute Gasteiger partial charge is 0.0270 e. The lowest BCUT2D eigenvalue weighted by Gasteiger charge is -2.18. The Kier molecular flexibility index (Phi) is 4.64. The highest BCUT2D eigenvalue weighted by Gasteiger charge is 2.11. The van der Waals surface area contributed by atoms with Crippen LogP contribution in [0.1, 0.15) is 51.5 Å². The summed E-state index contributed by atoms with van der Waals surface area (Å²) in [6, 6.07) is 4.31. The second-order valence-corrected chi connectivity index (χ2v) is 4.40. The van der Waals surface area contributed by atoms with Crippen LogP contribution in [0, 0.1) is 5.92 Å². The van der Waals surface area contributed by atoms with Crippen molar-refractivity contribution in [3.05, 3.63) is 30.1 Å². The fourth-order valence-electron chi connectivity index (χ4n) is 1.97. The molecular formula is C13H21N. The van der Waals surface area contributed by atoms with E-state index >= 15 is 0 Å². The molecule has 1 aromatic heterocycles. The van der Waals surface area contributed by atoms with Crippen molar-refractivity contribution in [1.29, 1.82) is 0 Å². The Hall–Kier alpha value is -0.850. The number of aromatic nitrogens is 1. The average Bonchev–Trinajstić information content (AvgIpc) is 2.18. The Bertz CT molecular complexity index is 241. The molecule has 1 heterocycles. The summed E-state index contributed by atoms with van der Waals surface area (Å²) in [6.07, 6.45) is 7.65. The lowest BCUT2D eigenvalue weighted by atomic mass is 9.87. The minimum absolute atomic E-state index is 0.725. The first-order valence-electron chi connectivity index (χ1n) is 5.64. The molecular weight excluding hydrogens is 170 g/mol. The first kappa shape index (κ1) is 11.2. The van der Waals surface area contributed by atoms with Crippen molar-refractivity contribution in [2.75, 3.05) is 0 Å².